The molecule has 0 unspecified atom stereocenters. The van der Waals surface area contributed by atoms with Gasteiger partial charge >= 0.3 is 0 Å². The van der Waals surface area contributed by atoms with Crippen LogP contribution in [0.15, 0.2) is 41.3 Å². The predicted octanol–water partition coefficient (Wildman–Crippen LogP) is 1.77. The normalized spacial score (nSPS) is 15.1. The molecule has 1 aliphatic rings. The number of aromatic nitrogens is 4. The number of carbonyl (C=O) groups is 1. The van der Waals surface area contributed by atoms with Crippen molar-refractivity contribution in [2.24, 2.45) is 0 Å². The highest BCUT2D eigenvalue weighted by molar-refractivity contribution is 5.79. The highest BCUT2D eigenvalue weighted by atomic mass is 16.2. The second-order valence-electron chi connectivity index (χ2n) is 8.38. The number of nitrogens with zero attached hydrogens (tertiary/aromatic N) is 5. The van der Waals surface area contributed by atoms with Crippen molar-refractivity contribution >= 4 is 22.9 Å². The minimum Gasteiger partial charge on any atom is -0.339 e. The lowest BCUT2D eigenvalue weighted by Crippen LogP contribution is -2.50. The largest absolute Gasteiger partial charge is 0.339 e. The van der Waals surface area contributed by atoms with E-state index in [1.165, 1.54) is 0 Å². The van der Waals surface area contributed by atoms with Crippen LogP contribution in [0, 0.1) is 0 Å². The summed E-state index contributed by atoms with van der Waals surface area (Å²) in [5.41, 5.74) is 1.14. The molecule has 0 spiro atoms. The topological polar surface area (TPSA) is 87.1 Å². The third kappa shape index (κ3) is 3.87. The zero-order valence-electron chi connectivity index (χ0n) is 17.1. The summed E-state index contributed by atoms with van der Waals surface area (Å²) in [4.78, 5) is 36.6. The number of rotatable bonds is 3. The molecule has 1 amide bonds. The number of anilines is 1. The lowest BCUT2D eigenvalue weighted by molar-refractivity contribution is -0.130. The quantitative estimate of drug-likeness (QED) is 0.732. The zero-order valence-corrected chi connectivity index (χ0v) is 17.1. The second-order valence-corrected chi connectivity index (χ2v) is 8.38. The average molecular weight is 394 g/mol. The van der Waals surface area contributed by atoms with Crippen LogP contribution in [0.1, 0.15) is 26.3 Å². The molecule has 1 aliphatic heterocycles. The van der Waals surface area contributed by atoms with E-state index >= 15 is 0 Å². The van der Waals surface area contributed by atoms with Crippen molar-refractivity contribution < 1.29 is 4.79 Å². The second kappa shape index (κ2) is 7.35. The summed E-state index contributed by atoms with van der Waals surface area (Å²) in [5, 5.41) is 4.84. The van der Waals surface area contributed by atoms with Gasteiger partial charge in [-0.05, 0) is 26.3 Å². The minimum absolute atomic E-state index is 0.124. The lowest BCUT2D eigenvalue weighted by Gasteiger charge is -2.35. The molecule has 152 valence electrons. The van der Waals surface area contributed by atoms with Gasteiger partial charge in [-0.1, -0.05) is 30.3 Å². The number of nitrogens with one attached hydrogen (secondary N) is 1. The van der Waals surface area contributed by atoms with Crippen LogP contribution in [-0.4, -0.2) is 56.7 Å². The van der Waals surface area contributed by atoms with Gasteiger partial charge < -0.3 is 9.80 Å². The Morgan fingerprint density at radius 1 is 1.10 bits per heavy atom. The first kappa shape index (κ1) is 19.2. The molecule has 0 saturated carbocycles. The van der Waals surface area contributed by atoms with E-state index in [-0.39, 0.29) is 17.0 Å². The average Bonchev–Trinajstić information content (AvgIpc) is 3.14. The number of hydrogen-bond acceptors (Lipinski definition) is 5. The third-order valence-corrected chi connectivity index (χ3v) is 5.19. The molecule has 8 heteroatoms. The molecule has 2 aromatic heterocycles. The molecule has 4 rings (SSSR count). The van der Waals surface area contributed by atoms with Gasteiger partial charge in [0.2, 0.25) is 11.9 Å². The number of carbonyl (C=O) groups excluding carboxylic acids is 1. The van der Waals surface area contributed by atoms with Crippen LogP contribution in [0.4, 0.5) is 5.95 Å². The molecule has 1 aromatic carbocycles. The van der Waals surface area contributed by atoms with Gasteiger partial charge in [0.15, 0.2) is 5.65 Å². The maximum absolute atomic E-state index is 12.6. The van der Waals surface area contributed by atoms with E-state index in [0.717, 1.165) is 5.56 Å². The van der Waals surface area contributed by atoms with E-state index in [1.54, 1.807) is 10.9 Å². The summed E-state index contributed by atoms with van der Waals surface area (Å²) < 4.78 is 1.78. The Kier molecular flexibility index (Phi) is 4.86. The van der Waals surface area contributed by atoms with Gasteiger partial charge in [-0.3, -0.25) is 14.6 Å². The Hall–Kier alpha value is -3.16. The summed E-state index contributed by atoms with van der Waals surface area (Å²) in [6.07, 6.45) is 1.98. The third-order valence-electron chi connectivity index (χ3n) is 5.19. The number of fused-ring (bicyclic) bond motifs is 1. The van der Waals surface area contributed by atoms with Crippen molar-refractivity contribution in [2.75, 3.05) is 31.1 Å². The van der Waals surface area contributed by atoms with Crippen LogP contribution >= 0.6 is 0 Å². The summed E-state index contributed by atoms with van der Waals surface area (Å²) in [6.45, 7) is 8.53. The van der Waals surface area contributed by atoms with Crippen molar-refractivity contribution in [1.29, 1.82) is 0 Å². The fourth-order valence-electron chi connectivity index (χ4n) is 3.60. The first-order valence-corrected chi connectivity index (χ1v) is 9.88. The molecule has 1 N–H and O–H groups in total. The van der Waals surface area contributed by atoms with Crippen molar-refractivity contribution in [3.05, 3.63) is 52.4 Å². The number of benzene rings is 1. The zero-order chi connectivity index (χ0) is 20.6. The highest BCUT2D eigenvalue weighted by Crippen LogP contribution is 2.20. The van der Waals surface area contributed by atoms with Gasteiger partial charge in [-0.2, -0.15) is 10.1 Å². The first-order chi connectivity index (χ1) is 13.8. The lowest BCUT2D eigenvalue weighted by atomic mass is 10.1. The van der Waals surface area contributed by atoms with Crippen LogP contribution in [0.3, 0.4) is 0 Å². The maximum Gasteiger partial charge on any atom is 0.263 e. The monoisotopic (exact) mass is 394 g/mol. The maximum atomic E-state index is 12.6. The molecule has 3 aromatic rings. The summed E-state index contributed by atoms with van der Waals surface area (Å²) >= 11 is 0. The van der Waals surface area contributed by atoms with Gasteiger partial charge in [-0.15, -0.1) is 0 Å². The molecule has 0 aliphatic carbocycles. The molecule has 3 heterocycles. The van der Waals surface area contributed by atoms with Gasteiger partial charge in [0.05, 0.1) is 18.2 Å². The van der Waals surface area contributed by atoms with Gasteiger partial charge in [0.1, 0.15) is 5.39 Å². The molecular formula is C21H26N6O2. The van der Waals surface area contributed by atoms with E-state index < -0.39 is 0 Å². The number of hydrogen-bond donors (Lipinski definition) is 1. The fourth-order valence-corrected chi connectivity index (χ4v) is 3.60. The molecule has 0 radical (unpaired) electrons. The van der Waals surface area contributed by atoms with Crippen LogP contribution in [0.25, 0.3) is 11.0 Å². The number of amides is 1. The predicted molar refractivity (Wildman–Crippen MR) is 112 cm³/mol. The number of H-pyrrole nitrogens is 1. The smallest absolute Gasteiger partial charge is 0.263 e. The van der Waals surface area contributed by atoms with E-state index in [2.05, 4.69) is 10.1 Å². The number of aromatic amines is 1. The molecule has 0 bridgehead atoms. The fraction of sp³-hybridized carbons (Fsp3) is 0.429. The Morgan fingerprint density at radius 2 is 1.79 bits per heavy atom. The Bertz CT molecular complexity index is 1070. The summed E-state index contributed by atoms with van der Waals surface area (Å²) in [6, 6.07) is 9.78. The summed E-state index contributed by atoms with van der Waals surface area (Å²) in [7, 11) is 0. The van der Waals surface area contributed by atoms with E-state index in [1.807, 2.05) is 60.9 Å². The van der Waals surface area contributed by atoms with E-state index in [9.17, 15) is 9.59 Å². The summed E-state index contributed by atoms with van der Waals surface area (Å²) in [5.74, 6) is 0.655. The van der Waals surface area contributed by atoms with Crippen molar-refractivity contribution in [3.63, 3.8) is 0 Å². The minimum atomic E-state index is -0.275. The van der Waals surface area contributed by atoms with Crippen molar-refractivity contribution in [2.45, 2.75) is 32.7 Å². The molecule has 0 atom stereocenters. The van der Waals surface area contributed by atoms with Gasteiger partial charge in [-0.25, -0.2) is 4.68 Å². The van der Waals surface area contributed by atoms with Gasteiger partial charge in [0, 0.05) is 26.2 Å². The standard InChI is InChI=1S/C21H26N6O2/c1-21(2,3)27-18-16(14-22-27)19(29)24-20(23-18)26-11-9-25(10-12-26)17(28)13-15-7-5-4-6-8-15/h4-8,14H,9-13H2,1-3H3,(H,23,24,29). The van der Waals surface area contributed by atoms with Crippen LogP contribution in [0.2, 0.25) is 0 Å². The molecule has 1 fully saturated rings. The number of piperazine rings is 1. The van der Waals surface area contributed by atoms with Crippen LogP contribution in [-0.2, 0) is 16.8 Å². The SMILES string of the molecule is CC(C)(C)n1ncc2c(=O)[nH]c(N3CCN(C(=O)Cc4ccccc4)CC3)nc21. The molecule has 29 heavy (non-hydrogen) atoms. The Balaban J connectivity index is 1.49. The van der Waals surface area contributed by atoms with Crippen LogP contribution < -0.4 is 10.5 Å². The molecule has 8 nitrogen and oxygen atoms in total. The first-order valence-electron chi connectivity index (χ1n) is 9.88. The van der Waals surface area contributed by atoms with Crippen molar-refractivity contribution in [1.82, 2.24) is 24.6 Å². The molecule has 1 saturated heterocycles. The van der Waals surface area contributed by atoms with Gasteiger partial charge in [0.25, 0.3) is 5.56 Å². The Labute approximate surface area is 169 Å². The highest BCUT2D eigenvalue weighted by Gasteiger charge is 2.25. The molecular weight excluding hydrogens is 368 g/mol. The Morgan fingerprint density at radius 3 is 2.45 bits per heavy atom. The van der Waals surface area contributed by atoms with Crippen molar-refractivity contribution in [3.8, 4) is 0 Å². The van der Waals surface area contributed by atoms with E-state index in [0.29, 0.717) is 49.6 Å². The van der Waals surface area contributed by atoms with E-state index in [4.69, 9.17) is 4.98 Å². The van der Waals surface area contributed by atoms with Crippen LogP contribution in [0.5, 0.6) is 0 Å².